The Hall–Kier alpha value is -1.35. The molecule has 2 atom stereocenters. The lowest BCUT2D eigenvalue weighted by Gasteiger charge is -2.42. The normalized spacial score (nSPS) is 24.4. The summed E-state index contributed by atoms with van der Waals surface area (Å²) < 4.78 is 0. The molecule has 1 N–H and O–H groups in total. The van der Waals surface area contributed by atoms with E-state index in [1.807, 2.05) is 37.3 Å². The minimum atomic E-state index is -0.907. The minimum Gasteiger partial charge on any atom is -0.480 e. The zero-order valence-electron chi connectivity index (χ0n) is 11.1. The van der Waals surface area contributed by atoms with E-state index in [0.717, 1.165) is 25.1 Å². The Morgan fingerprint density at radius 2 is 2.06 bits per heavy atom. The molecule has 0 spiro atoms. The van der Waals surface area contributed by atoms with E-state index >= 15 is 0 Å². The maximum absolute atomic E-state index is 11.8. The van der Waals surface area contributed by atoms with Crippen LogP contribution in [0, 0.1) is 5.92 Å². The van der Waals surface area contributed by atoms with Gasteiger partial charge in [-0.25, -0.2) is 4.79 Å². The lowest BCUT2D eigenvalue weighted by atomic mass is 9.86. The molecule has 1 aliphatic rings. The van der Waals surface area contributed by atoms with Crippen molar-refractivity contribution in [2.45, 2.75) is 32.2 Å². The summed E-state index contributed by atoms with van der Waals surface area (Å²) in [6.07, 6.45) is 2.28. The quantitative estimate of drug-likeness (QED) is 0.892. The summed E-state index contributed by atoms with van der Waals surface area (Å²) in [5.74, 6) is -0.191. The standard InChI is InChI=1S/C15H21NO2/c1-12-7-6-10-16(11-12)15(2,14(17)18)13-8-4-3-5-9-13/h3-5,8-9,12H,6-7,10-11H2,1-2H3,(H,17,18)/t12-,15-/m0/s1. The molecule has 1 heterocycles. The van der Waals surface area contributed by atoms with Crippen LogP contribution in [0.2, 0.25) is 0 Å². The van der Waals surface area contributed by atoms with Crippen LogP contribution >= 0.6 is 0 Å². The Morgan fingerprint density at radius 1 is 1.39 bits per heavy atom. The van der Waals surface area contributed by atoms with Crippen LogP contribution in [0.3, 0.4) is 0 Å². The van der Waals surface area contributed by atoms with Crippen LogP contribution in [0.1, 0.15) is 32.3 Å². The lowest BCUT2D eigenvalue weighted by Crippen LogP contribution is -2.53. The molecule has 3 heteroatoms. The van der Waals surface area contributed by atoms with Crippen molar-refractivity contribution in [1.29, 1.82) is 0 Å². The molecule has 0 saturated carbocycles. The summed E-state index contributed by atoms with van der Waals surface area (Å²) in [4.78, 5) is 13.9. The number of benzene rings is 1. The van der Waals surface area contributed by atoms with Gasteiger partial charge in [0.1, 0.15) is 5.54 Å². The smallest absolute Gasteiger partial charge is 0.328 e. The van der Waals surface area contributed by atoms with Crippen molar-refractivity contribution in [3.8, 4) is 0 Å². The van der Waals surface area contributed by atoms with E-state index in [0.29, 0.717) is 5.92 Å². The fraction of sp³-hybridized carbons (Fsp3) is 0.533. The second-order valence-corrected chi connectivity index (χ2v) is 5.44. The second-order valence-electron chi connectivity index (χ2n) is 5.44. The predicted octanol–water partition coefficient (Wildman–Crippen LogP) is 2.72. The van der Waals surface area contributed by atoms with Gasteiger partial charge < -0.3 is 5.11 Å². The second kappa shape index (κ2) is 5.11. The minimum absolute atomic E-state index is 0.570. The van der Waals surface area contributed by atoms with E-state index in [1.54, 1.807) is 0 Å². The first kappa shape index (κ1) is 13.1. The topological polar surface area (TPSA) is 40.5 Å². The number of carbonyl (C=O) groups is 1. The van der Waals surface area contributed by atoms with Gasteiger partial charge in [0.05, 0.1) is 0 Å². The zero-order chi connectivity index (χ0) is 13.2. The van der Waals surface area contributed by atoms with Gasteiger partial charge in [-0.2, -0.15) is 0 Å². The maximum atomic E-state index is 11.8. The van der Waals surface area contributed by atoms with Crippen molar-refractivity contribution in [2.75, 3.05) is 13.1 Å². The van der Waals surface area contributed by atoms with E-state index in [4.69, 9.17) is 0 Å². The number of rotatable bonds is 3. The summed E-state index contributed by atoms with van der Waals surface area (Å²) in [6.45, 7) is 5.74. The molecule has 0 amide bonds. The van der Waals surface area contributed by atoms with Gasteiger partial charge in [0.2, 0.25) is 0 Å². The van der Waals surface area contributed by atoms with Gasteiger partial charge >= 0.3 is 5.97 Å². The SMILES string of the molecule is C[C@H]1CCCN([C@](C)(C(=O)O)c2ccccc2)C1. The highest BCUT2D eigenvalue weighted by atomic mass is 16.4. The highest BCUT2D eigenvalue weighted by Gasteiger charge is 2.42. The van der Waals surface area contributed by atoms with Crippen LogP contribution in [-0.4, -0.2) is 29.1 Å². The van der Waals surface area contributed by atoms with E-state index in [-0.39, 0.29) is 0 Å². The van der Waals surface area contributed by atoms with Crippen molar-refractivity contribution in [1.82, 2.24) is 4.90 Å². The Morgan fingerprint density at radius 3 is 2.61 bits per heavy atom. The summed E-state index contributed by atoms with van der Waals surface area (Å²) in [6, 6.07) is 9.55. The van der Waals surface area contributed by atoms with Crippen LogP contribution < -0.4 is 0 Å². The van der Waals surface area contributed by atoms with Crippen molar-refractivity contribution in [2.24, 2.45) is 5.92 Å². The number of likely N-dealkylation sites (tertiary alicyclic amines) is 1. The molecule has 3 nitrogen and oxygen atoms in total. The molecular weight excluding hydrogens is 226 g/mol. The van der Waals surface area contributed by atoms with Gasteiger partial charge in [-0.1, -0.05) is 37.3 Å². The van der Waals surface area contributed by atoms with Crippen molar-refractivity contribution < 1.29 is 9.90 Å². The lowest BCUT2D eigenvalue weighted by molar-refractivity contribution is -0.152. The van der Waals surface area contributed by atoms with Crippen LogP contribution in [0.25, 0.3) is 0 Å². The molecular formula is C15H21NO2. The molecule has 1 aromatic carbocycles. The highest BCUT2D eigenvalue weighted by Crippen LogP contribution is 2.32. The molecule has 0 radical (unpaired) electrons. The number of aliphatic carboxylic acids is 1. The van der Waals surface area contributed by atoms with Crippen molar-refractivity contribution in [3.05, 3.63) is 35.9 Å². The zero-order valence-corrected chi connectivity index (χ0v) is 11.1. The molecule has 1 fully saturated rings. The Balaban J connectivity index is 2.35. The predicted molar refractivity (Wildman–Crippen MR) is 71.4 cm³/mol. The highest BCUT2D eigenvalue weighted by molar-refractivity contribution is 5.80. The Bertz CT molecular complexity index is 418. The third-order valence-corrected chi connectivity index (χ3v) is 4.04. The van der Waals surface area contributed by atoms with E-state index in [2.05, 4.69) is 11.8 Å². The number of piperidine rings is 1. The van der Waals surface area contributed by atoms with E-state index in [1.165, 1.54) is 6.42 Å². The van der Waals surface area contributed by atoms with Crippen molar-refractivity contribution >= 4 is 5.97 Å². The molecule has 2 rings (SSSR count). The molecule has 1 saturated heterocycles. The van der Waals surface area contributed by atoms with Crippen molar-refractivity contribution in [3.63, 3.8) is 0 Å². The summed E-state index contributed by atoms with van der Waals surface area (Å²) in [7, 11) is 0. The molecule has 1 aliphatic heterocycles. The Kier molecular flexibility index (Phi) is 3.71. The van der Waals surface area contributed by atoms with Gasteiger partial charge in [0.15, 0.2) is 0 Å². The fourth-order valence-corrected chi connectivity index (χ4v) is 2.80. The first-order valence-corrected chi connectivity index (χ1v) is 6.59. The van der Waals surface area contributed by atoms with E-state index in [9.17, 15) is 9.90 Å². The molecule has 0 bridgehead atoms. The van der Waals surface area contributed by atoms with Crippen LogP contribution in [0.4, 0.5) is 0 Å². The van der Waals surface area contributed by atoms with Crippen LogP contribution in [-0.2, 0) is 10.3 Å². The fourth-order valence-electron chi connectivity index (χ4n) is 2.80. The molecule has 18 heavy (non-hydrogen) atoms. The third kappa shape index (κ3) is 2.27. The van der Waals surface area contributed by atoms with Gasteiger partial charge in [-0.3, -0.25) is 4.90 Å². The molecule has 0 aliphatic carbocycles. The maximum Gasteiger partial charge on any atom is 0.328 e. The van der Waals surface area contributed by atoms with Gasteiger partial charge in [-0.05, 0) is 37.8 Å². The third-order valence-electron chi connectivity index (χ3n) is 4.04. The van der Waals surface area contributed by atoms with Gasteiger partial charge in [0.25, 0.3) is 0 Å². The molecule has 1 aromatic rings. The summed E-state index contributed by atoms with van der Waals surface area (Å²) in [5, 5.41) is 9.68. The van der Waals surface area contributed by atoms with E-state index < -0.39 is 11.5 Å². The Labute approximate surface area is 108 Å². The van der Waals surface area contributed by atoms with Crippen LogP contribution in [0.15, 0.2) is 30.3 Å². The van der Waals surface area contributed by atoms with Gasteiger partial charge in [0, 0.05) is 6.54 Å². The first-order chi connectivity index (χ1) is 8.55. The number of hydrogen-bond acceptors (Lipinski definition) is 2. The first-order valence-electron chi connectivity index (χ1n) is 6.59. The largest absolute Gasteiger partial charge is 0.480 e. The molecule has 98 valence electrons. The number of hydrogen-bond donors (Lipinski definition) is 1. The monoisotopic (exact) mass is 247 g/mol. The number of carboxylic acid groups (broad SMARTS) is 1. The number of nitrogens with zero attached hydrogens (tertiary/aromatic N) is 1. The average molecular weight is 247 g/mol. The number of carboxylic acids is 1. The summed E-state index contributed by atoms with van der Waals surface area (Å²) in [5.41, 5.74) is -0.0396. The van der Waals surface area contributed by atoms with Gasteiger partial charge in [-0.15, -0.1) is 0 Å². The molecule has 0 unspecified atom stereocenters. The average Bonchev–Trinajstić information content (AvgIpc) is 2.38. The van der Waals surface area contributed by atoms with Crippen LogP contribution in [0.5, 0.6) is 0 Å². The summed E-state index contributed by atoms with van der Waals surface area (Å²) >= 11 is 0. The molecule has 0 aromatic heterocycles.